The maximum Gasteiger partial charge on any atom is 0.469 e. The van der Waals surface area contributed by atoms with Crippen LogP contribution in [0.2, 0.25) is 300 Å². The summed E-state index contributed by atoms with van der Waals surface area (Å²) in [5.74, 6) is 0. The van der Waals surface area contributed by atoms with Crippen LogP contribution < -0.4 is 0 Å². The van der Waals surface area contributed by atoms with Crippen molar-refractivity contribution in [3.8, 4) is 0 Å². The number of hydrogen-bond acceptors (Lipinski definition) is 19. The van der Waals surface area contributed by atoms with Crippen molar-refractivity contribution in [3.05, 3.63) is 0 Å². The molecule has 0 radical (unpaired) electrons. The molecule has 0 unspecified atom stereocenters. The molecule has 19 nitrogen and oxygen atoms in total. The van der Waals surface area contributed by atoms with E-state index in [-0.39, 0.29) is 0 Å². The Labute approximate surface area is 590 Å². The second-order valence-corrected chi connectivity index (χ2v) is 118. The third-order valence-electron chi connectivity index (χ3n) is 11.6. The molecule has 3 rings (SSSR count). The lowest BCUT2D eigenvalue weighted by atomic mass is 10.2. The Kier molecular flexibility index (Phi) is 35.3. The fourth-order valence-corrected chi connectivity index (χ4v) is 111. The molecule has 3 aliphatic heterocycles. The van der Waals surface area contributed by atoms with E-state index in [9.17, 15) is 0 Å². The van der Waals surface area contributed by atoms with Crippen LogP contribution in [0, 0.1) is 0 Å². The van der Waals surface area contributed by atoms with Crippen LogP contribution in [-0.2, 0) is 78.2 Å². The summed E-state index contributed by atoms with van der Waals surface area (Å²) in [6.07, 6.45) is 5.87. The first-order valence-corrected chi connectivity index (χ1v) is 94.7. The van der Waals surface area contributed by atoms with Gasteiger partial charge in [0.25, 0.3) is 0 Å². The molecule has 40 heteroatoms. The van der Waals surface area contributed by atoms with Crippen LogP contribution in [-0.4, -0.2) is 179 Å². The summed E-state index contributed by atoms with van der Waals surface area (Å²) >= 11 is 0. The minimum absolute atomic E-state index is 0.791. The minimum Gasteiger partial charge on any atom is -0.417 e. The largest absolute Gasteiger partial charge is 0.469 e. The van der Waals surface area contributed by atoms with Gasteiger partial charge in [0.2, 0.25) is 0 Å². The van der Waals surface area contributed by atoms with Crippen molar-refractivity contribution in [1.82, 2.24) is 0 Å². The first kappa shape index (κ1) is 95.8. The minimum atomic E-state index is -2.90. The van der Waals surface area contributed by atoms with Gasteiger partial charge in [-0.1, -0.05) is 32.6 Å². The number of hydrogen-bond donors (Lipinski definition) is 0. The van der Waals surface area contributed by atoms with Crippen LogP contribution in [0.25, 0.3) is 0 Å². The average molecular weight is 1670 g/mol. The third-order valence-corrected chi connectivity index (χ3v) is 87.6. The normalized spacial score (nSPS) is 24.4. The van der Waals surface area contributed by atoms with Gasteiger partial charge in [-0.25, -0.2) is 0 Å². The van der Waals surface area contributed by atoms with Crippen LogP contribution in [0.3, 0.4) is 0 Å². The quantitative estimate of drug-likeness (QED) is 0.0783. The molecular weight excluding hydrogens is 1520 g/mol. The lowest BCUT2D eigenvalue weighted by Gasteiger charge is -2.47. The standard InChI is InChI=1S/C21H60O6Si8.C13H34O4Si4.C10H30O5Si5.C8H24O4Si4/c1-28(2,3)22-34(23-29(4,5)6,24-30(7,8)9)20-19-21-35(25-31(10,11)12,26-32(13,14)15)27-33(16,17)18;1-9-10-11-12-13-21(8)16-19(4,5)14-18(2,3)15-20(6,7)17-21;1-16(2)11-17(3,4)13-19(7,8)15-20(9,10)14-18(5,6)12-16;1-13(2)9-14(3,4)11-16(7,8)12-15(5,6)10-13/h19-21H2,1-18H3;9-13H2,1-8H3;1-10H3;1-8H3. The Bertz CT molecular complexity index is 1910. The summed E-state index contributed by atoms with van der Waals surface area (Å²) < 4.78 is 123. The summed E-state index contributed by atoms with van der Waals surface area (Å²) in [4.78, 5) is 0. The van der Waals surface area contributed by atoms with Gasteiger partial charge < -0.3 is 78.2 Å². The van der Waals surface area contributed by atoms with Gasteiger partial charge in [-0.15, -0.1) is 0 Å². The molecule has 0 amide bonds. The first-order chi connectivity index (χ1) is 39.7. The number of unbranched alkanes of at least 4 members (excludes halogenated alkanes) is 3. The highest BCUT2D eigenvalue weighted by molar-refractivity contribution is 6.96. The van der Waals surface area contributed by atoms with Crippen LogP contribution in [0.15, 0.2) is 0 Å². The molecule has 3 aliphatic rings. The molecule has 0 bridgehead atoms. The van der Waals surface area contributed by atoms with Crippen molar-refractivity contribution in [2.45, 2.75) is 339 Å². The van der Waals surface area contributed by atoms with E-state index in [1.54, 1.807) is 0 Å². The lowest BCUT2D eigenvalue weighted by molar-refractivity contribution is 0.231. The van der Waals surface area contributed by atoms with E-state index in [0.717, 1.165) is 24.6 Å². The van der Waals surface area contributed by atoms with E-state index in [1.807, 2.05) is 0 Å². The van der Waals surface area contributed by atoms with E-state index < -0.39 is 179 Å². The van der Waals surface area contributed by atoms with Gasteiger partial charge in [0.05, 0.1) is 0 Å². The SMILES string of the molecule is CCCCCC[Si]1(C)O[Si](C)(C)O[Si](C)(C)O[Si](C)(C)O1.C[Si](C)(C)O[Si](CCC[Si](O[Si](C)(C)C)(O[Si](C)(C)C)O[Si](C)(C)C)(O[Si](C)(C)C)O[Si](C)(C)C.C[Si]1(C)O[Si](C)(C)O[Si](C)(C)O[Si](C)(C)O1.C[Si]1(C)O[Si](C)(C)O[Si](C)(C)O[Si](C)(C)O[Si](C)(C)O1. The van der Waals surface area contributed by atoms with E-state index in [0.29, 0.717) is 0 Å². The molecule has 3 saturated heterocycles. The molecule has 0 atom stereocenters. The van der Waals surface area contributed by atoms with Gasteiger partial charge in [-0.2, -0.15) is 0 Å². The van der Waals surface area contributed by atoms with Crippen LogP contribution in [0.4, 0.5) is 0 Å². The third kappa shape index (κ3) is 45.8. The maximum absolute atomic E-state index is 6.92. The second kappa shape index (κ2) is 33.9. The molecule has 0 spiro atoms. The molecule has 0 aromatic rings. The molecule has 92 heavy (non-hydrogen) atoms. The second-order valence-electron chi connectivity index (χ2n) is 36.6. The summed E-state index contributed by atoms with van der Waals surface area (Å²) in [5.41, 5.74) is 0. The lowest BCUT2D eigenvalue weighted by Crippen LogP contribution is -2.65. The van der Waals surface area contributed by atoms with Crippen molar-refractivity contribution < 1.29 is 78.2 Å². The van der Waals surface area contributed by atoms with E-state index in [2.05, 4.69) is 288 Å². The van der Waals surface area contributed by atoms with Crippen LogP contribution in [0.5, 0.6) is 0 Å². The summed E-state index contributed by atoms with van der Waals surface area (Å²) in [6, 6.07) is 2.63. The zero-order chi connectivity index (χ0) is 73.6. The Morgan fingerprint density at radius 2 is 0.359 bits per heavy atom. The van der Waals surface area contributed by atoms with Crippen molar-refractivity contribution in [1.29, 1.82) is 0 Å². The molecule has 0 aliphatic carbocycles. The number of rotatable bonds is 21. The maximum atomic E-state index is 6.92. The van der Waals surface area contributed by atoms with Crippen molar-refractivity contribution in [3.63, 3.8) is 0 Å². The van der Waals surface area contributed by atoms with Crippen LogP contribution >= 0.6 is 0 Å². The molecule has 3 fully saturated rings. The van der Waals surface area contributed by atoms with Gasteiger partial charge in [0, 0.05) is 12.1 Å². The van der Waals surface area contributed by atoms with Gasteiger partial charge in [0.15, 0.2) is 49.9 Å². The zero-order valence-corrected chi connectivity index (χ0v) is 88.9. The Morgan fingerprint density at radius 1 is 0.207 bits per heavy atom. The van der Waals surface area contributed by atoms with E-state index in [1.165, 1.54) is 25.7 Å². The Hall–Kier alpha value is 3.79. The molecular formula is C52H148O19Si21. The molecule has 0 saturated carbocycles. The summed E-state index contributed by atoms with van der Waals surface area (Å²) in [5, 5.41) is 0. The van der Waals surface area contributed by atoms with Gasteiger partial charge in [-0.05, 0) is 294 Å². The highest BCUT2D eigenvalue weighted by Crippen LogP contribution is 2.38. The Balaban J connectivity index is 0.00000126. The average Bonchev–Trinajstić information content (AvgIpc) is 3.08. The predicted molar refractivity (Wildman–Crippen MR) is 437 cm³/mol. The molecule has 3 heterocycles. The van der Waals surface area contributed by atoms with Crippen molar-refractivity contribution in [2.24, 2.45) is 0 Å². The molecule has 554 valence electrons. The van der Waals surface area contributed by atoms with Gasteiger partial charge in [0.1, 0.15) is 0 Å². The summed E-state index contributed by atoms with van der Waals surface area (Å²) in [6.45, 7) is 94.9. The monoisotopic (exact) mass is 1660 g/mol. The smallest absolute Gasteiger partial charge is 0.417 e. The van der Waals surface area contributed by atoms with Crippen LogP contribution in [0.1, 0.15) is 39.0 Å². The van der Waals surface area contributed by atoms with E-state index >= 15 is 0 Å². The topological polar surface area (TPSA) is 175 Å². The van der Waals surface area contributed by atoms with E-state index in [4.69, 9.17) is 78.2 Å². The fraction of sp³-hybridized carbons (Fsp3) is 1.00. The van der Waals surface area contributed by atoms with Crippen molar-refractivity contribution in [2.75, 3.05) is 0 Å². The molecule has 0 aromatic carbocycles. The fourth-order valence-electron chi connectivity index (χ4n) is 12.5. The van der Waals surface area contributed by atoms with Gasteiger partial charge in [-0.3, -0.25) is 0 Å². The first-order valence-electron chi connectivity index (χ1n) is 34.0. The van der Waals surface area contributed by atoms with Crippen molar-refractivity contribution >= 4 is 179 Å². The molecule has 0 aromatic heterocycles. The van der Waals surface area contributed by atoms with Gasteiger partial charge >= 0.3 is 129 Å². The highest BCUT2D eigenvalue weighted by Gasteiger charge is 2.57. The predicted octanol–water partition coefficient (Wildman–Crippen LogP) is 19.7. The zero-order valence-electron chi connectivity index (χ0n) is 67.9. The Morgan fingerprint density at radius 3 is 0.500 bits per heavy atom. The highest BCUT2D eigenvalue weighted by atomic mass is 28.6. The molecule has 0 N–H and O–H groups in total. The summed E-state index contributed by atoms with van der Waals surface area (Å²) in [7, 11) is -45.7.